The molecule has 0 unspecified atom stereocenters. The second-order valence-corrected chi connectivity index (χ2v) is 5.55. The first-order chi connectivity index (χ1) is 7.38. The zero-order valence-corrected chi connectivity index (χ0v) is 11.0. The molecule has 0 atom stereocenters. The third-order valence-corrected chi connectivity index (χ3v) is 3.98. The smallest absolute Gasteiger partial charge is 0.543 e. The normalized spacial score (nSPS) is 10.7. The quantitative estimate of drug-likeness (QED) is 0.438. The van der Waals surface area contributed by atoms with Crippen LogP contribution in [0.1, 0.15) is 23.8 Å². The Kier molecular flexibility index (Phi) is 6.20. The van der Waals surface area contributed by atoms with Gasteiger partial charge in [-0.25, -0.2) is 13.4 Å². The molecule has 17 heavy (non-hydrogen) atoms. The standard InChI is InChI=1S/C9H10ClNO4S.Li/c1-2-5-16(14,15)6-3-4-7(10)11-8(6)9(12)13;/h3-4H,2,5H2,1H3,(H,12,13);/q;+1/p-1. The van der Waals surface area contributed by atoms with Gasteiger partial charge in [0.2, 0.25) is 0 Å². The molecule has 0 radical (unpaired) electrons. The number of carbonyl (C=O) groups excluding carboxylic acids is 1. The molecule has 88 valence electrons. The number of hydrogen-bond donors (Lipinski definition) is 0. The van der Waals surface area contributed by atoms with Gasteiger partial charge in [-0.05, 0) is 18.6 Å². The molecule has 0 aliphatic rings. The van der Waals surface area contributed by atoms with Crippen LogP contribution in [0.15, 0.2) is 17.0 Å². The Balaban J connectivity index is 0.00000256. The van der Waals surface area contributed by atoms with Crippen molar-refractivity contribution in [2.24, 2.45) is 0 Å². The monoisotopic (exact) mass is 269 g/mol. The summed E-state index contributed by atoms with van der Waals surface area (Å²) in [5.41, 5.74) is -0.638. The van der Waals surface area contributed by atoms with Gasteiger partial charge in [-0.3, -0.25) is 0 Å². The molecule has 1 heterocycles. The Bertz CT molecular complexity index is 518. The Morgan fingerprint density at radius 3 is 2.53 bits per heavy atom. The molecule has 0 bridgehead atoms. The molecule has 0 aliphatic heterocycles. The summed E-state index contributed by atoms with van der Waals surface area (Å²) in [7, 11) is -3.64. The summed E-state index contributed by atoms with van der Waals surface area (Å²) in [4.78, 5) is 13.8. The van der Waals surface area contributed by atoms with Gasteiger partial charge in [0.15, 0.2) is 9.84 Å². The van der Waals surface area contributed by atoms with E-state index in [9.17, 15) is 18.3 Å². The Morgan fingerprint density at radius 1 is 1.47 bits per heavy atom. The molecule has 1 aromatic rings. The molecule has 5 nitrogen and oxygen atoms in total. The maximum absolute atomic E-state index is 11.7. The van der Waals surface area contributed by atoms with E-state index in [4.69, 9.17) is 11.6 Å². The topological polar surface area (TPSA) is 87.2 Å². The molecule has 0 saturated carbocycles. The summed E-state index contributed by atoms with van der Waals surface area (Å²) in [6, 6.07) is 2.36. The third-order valence-electron chi connectivity index (χ3n) is 1.83. The summed E-state index contributed by atoms with van der Waals surface area (Å²) in [5, 5.41) is 10.6. The van der Waals surface area contributed by atoms with Crippen molar-refractivity contribution in [1.82, 2.24) is 4.98 Å². The van der Waals surface area contributed by atoms with E-state index in [0.717, 1.165) is 6.07 Å². The van der Waals surface area contributed by atoms with E-state index >= 15 is 0 Å². The number of hydrogen-bond acceptors (Lipinski definition) is 5. The van der Waals surface area contributed by atoms with E-state index in [2.05, 4.69) is 4.98 Å². The van der Waals surface area contributed by atoms with E-state index in [0.29, 0.717) is 6.42 Å². The molecule has 1 aromatic heterocycles. The van der Waals surface area contributed by atoms with E-state index in [1.165, 1.54) is 6.07 Å². The van der Waals surface area contributed by atoms with Gasteiger partial charge < -0.3 is 9.90 Å². The van der Waals surface area contributed by atoms with Crippen molar-refractivity contribution >= 4 is 27.4 Å². The average molecular weight is 270 g/mol. The predicted octanol–water partition coefficient (Wildman–Crippen LogP) is -2.71. The summed E-state index contributed by atoms with van der Waals surface area (Å²) < 4.78 is 23.4. The Morgan fingerprint density at radius 2 is 2.06 bits per heavy atom. The van der Waals surface area contributed by atoms with Gasteiger partial charge in [-0.15, -0.1) is 0 Å². The zero-order valence-electron chi connectivity index (χ0n) is 9.44. The zero-order chi connectivity index (χ0) is 12.3. The van der Waals surface area contributed by atoms with Crippen molar-refractivity contribution in [3.8, 4) is 0 Å². The van der Waals surface area contributed by atoms with Crippen LogP contribution in [0.4, 0.5) is 0 Å². The molecule has 0 saturated heterocycles. The first kappa shape index (κ1) is 16.5. The van der Waals surface area contributed by atoms with E-state index in [-0.39, 0.29) is 34.7 Å². The fourth-order valence-electron chi connectivity index (χ4n) is 1.20. The second kappa shape index (κ2) is 6.41. The number of carboxylic acids is 1. The number of aromatic nitrogens is 1. The molecular weight excluding hydrogens is 261 g/mol. The number of halogens is 1. The van der Waals surface area contributed by atoms with Crippen LogP contribution in [0.2, 0.25) is 5.15 Å². The fourth-order valence-corrected chi connectivity index (χ4v) is 2.80. The number of carbonyl (C=O) groups is 1. The molecule has 0 fully saturated rings. The second-order valence-electron chi connectivity index (χ2n) is 3.09. The summed E-state index contributed by atoms with van der Waals surface area (Å²) in [6.07, 6.45) is 0.386. The number of sulfone groups is 1. The van der Waals surface area contributed by atoms with Crippen molar-refractivity contribution in [3.63, 3.8) is 0 Å². The minimum absolute atomic E-state index is 0. The fraction of sp³-hybridized carbons (Fsp3) is 0.333. The number of carboxylic acid groups (broad SMARTS) is 1. The summed E-state index contributed by atoms with van der Waals surface area (Å²) >= 11 is 5.49. The van der Waals surface area contributed by atoms with Crippen LogP contribution in [0.3, 0.4) is 0 Å². The SMILES string of the molecule is CCCS(=O)(=O)c1ccc(Cl)nc1C(=O)[O-].[Li+]. The van der Waals surface area contributed by atoms with E-state index < -0.39 is 21.5 Å². The first-order valence-electron chi connectivity index (χ1n) is 4.49. The van der Waals surface area contributed by atoms with Crippen LogP contribution < -0.4 is 24.0 Å². The van der Waals surface area contributed by atoms with Gasteiger partial charge in [0.1, 0.15) is 10.8 Å². The molecule has 0 amide bonds. The largest absolute Gasteiger partial charge is 1.00 e. The minimum atomic E-state index is -3.64. The maximum atomic E-state index is 11.7. The summed E-state index contributed by atoms with van der Waals surface area (Å²) in [5.74, 6) is -1.80. The average Bonchev–Trinajstić information content (AvgIpc) is 2.16. The minimum Gasteiger partial charge on any atom is -0.543 e. The van der Waals surface area contributed by atoms with Gasteiger partial charge in [0, 0.05) is 0 Å². The van der Waals surface area contributed by atoms with Crippen LogP contribution in [0.5, 0.6) is 0 Å². The molecule has 0 aliphatic carbocycles. The van der Waals surface area contributed by atoms with Crippen molar-refractivity contribution in [2.75, 3.05) is 5.75 Å². The summed E-state index contributed by atoms with van der Waals surface area (Å²) in [6.45, 7) is 1.68. The molecule has 8 heteroatoms. The van der Waals surface area contributed by atoms with Crippen LogP contribution in [-0.4, -0.2) is 25.1 Å². The first-order valence-corrected chi connectivity index (χ1v) is 6.52. The Labute approximate surface area is 116 Å². The van der Waals surface area contributed by atoms with Crippen LogP contribution in [0.25, 0.3) is 0 Å². The van der Waals surface area contributed by atoms with Gasteiger partial charge in [0.25, 0.3) is 0 Å². The van der Waals surface area contributed by atoms with Crippen LogP contribution in [0, 0.1) is 0 Å². The van der Waals surface area contributed by atoms with Crippen molar-refractivity contribution in [1.29, 1.82) is 0 Å². The van der Waals surface area contributed by atoms with Crippen LogP contribution >= 0.6 is 11.6 Å². The number of rotatable bonds is 4. The van der Waals surface area contributed by atoms with Gasteiger partial charge in [-0.2, -0.15) is 0 Å². The molecular formula is C9H9ClLiNO4S. The van der Waals surface area contributed by atoms with E-state index in [1.54, 1.807) is 6.92 Å². The van der Waals surface area contributed by atoms with Crippen LogP contribution in [-0.2, 0) is 9.84 Å². The van der Waals surface area contributed by atoms with Crippen molar-refractivity contribution in [3.05, 3.63) is 23.0 Å². The molecule has 0 aromatic carbocycles. The maximum Gasteiger partial charge on any atom is 1.00 e. The van der Waals surface area contributed by atoms with Gasteiger partial charge >= 0.3 is 18.9 Å². The van der Waals surface area contributed by atoms with Gasteiger partial charge in [0.05, 0.1) is 16.6 Å². The van der Waals surface area contributed by atoms with Crippen molar-refractivity contribution < 1.29 is 37.2 Å². The number of aromatic carboxylic acids is 1. The molecule has 0 N–H and O–H groups in total. The van der Waals surface area contributed by atoms with E-state index in [1.807, 2.05) is 0 Å². The predicted molar refractivity (Wildman–Crippen MR) is 55.9 cm³/mol. The molecule has 1 rings (SSSR count). The van der Waals surface area contributed by atoms with Crippen molar-refractivity contribution in [2.45, 2.75) is 18.2 Å². The Hall–Kier alpha value is -0.543. The molecule has 0 spiro atoms. The third kappa shape index (κ3) is 4.00. The van der Waals surface area contributed by atoms with Gasteiger partial charge in [-0.1, -0.05) is 18.5 Å². The number of nitrogens with zero attached hydrogens (tertiary/aromatic N) is 1. The number of pyridine rings is 1.